The van der Waals surface area contributed by atoms with E-state index in [0.29, 0.717) is 31.9 Å². The molecule has 0 spiro atoms. The van der Waals surface area contributed by atoms with Crippen LogP contribution in [0.5, 0.6) is 0 Å². The van der Waals surface area contributed by atoms with Gasteiger partial charge in [-0.2, -0.15) is 4.31 Å². The Morgan fingerprint density at radius 1 is 1.07 bits per heavy atom. The van der Waals surface area contributed by atoms with Crippen molar-refractivity contribution in [3.8, 4) is 0 Å². The van der Waals surface area contributed by atoms with Crippen molar-refractivity contribution in [3.63, 3.8) is 0 Å². The fourth-order valence-corrected chi connectivity index (χ4v) is 6.98. The molecule has 2 aliphatic heterocycles. The normalized spacial score (nSPS) is 30.4. The maximum Gasteiger partial charge on any atom is 0.254 e. The van der Waals surface area contributed by atoms with Gasteiger partial charge in [0.15, 0.2) is 0 Å². The predicted molar refractivity (Wildman–Crippen MR) is 107 cm³/mol. The number of carbonyl (C=O) groups excluding carboxylic acids is 1. The molecule has 154 valence electrons. The Hall–Kier alpha value is -1.44. The monoisotopic (exact) mass is 406 g/mol. The number of hydrogen-bond donors (Lipinski definition) is 0. The van der Waals surface area contributed by atoms with Crippen molar-refractivity contribution < 1.29 is 17.9 Å². The van der Waals surface area contributed by atoms with Crippen LogP contribution in [-0.2, 0) is 14.8 Å². The first-order chi connectivity index (χ1) is 13.1. The summed E-state index contributed by atoms with van der Waals surface area (Å²) in [5.41, 5.74) is 1.000. The van der Waals surface area contributed by atoms with Gasteiger partial charge in [-0.1, -0.05) is 20.8 Å². The lowest BCUT2D eigenvalue weighted by atomic mass is 9.65. The number of fused-ring (bicyclic) bond motifs is 2. The van der Waals surface area contributed by atoms with Crippen LogP contribution in [0.1, 0.15) is 50.4 Å². The molecule has 3 aliphatic rings. The molecule has 7 heteroatoms. The van der Waals surface area contributed by atoms with E-state index < -0.39 is 10.0 Å². The average Bonchev–Trinajstić information content (AvgIpc) is 2.90. The maximum absolute atomic E-state index is 13.2. The van der Waals surface area contributed by atoms with Crippen molar-refractivity contribution >= 4 is 15.9 Å². The topological polar surface area (TPSA) is 66.9 Å². The zero-order valence-electron chi connectivity index (χ0n) is 17.0. The minimum atomic E-state index is -3.53. The first-order valence-corrected chi connectivity index (χ1v) is 11.5. The molecule has 2 unspecified atom stereocenters. The molecule has 1 saturated carbocycles. The van der Waals surface area contributed by atoms with Crippen LogP contribution in [0.2, 0.25) is 0 Å². The second-order valence-corrected chi connectivity index (χ2v) is 11.6. The number of amides is 1. The second-order valence-electron chi connectivity index (χ2n) is 9.69. The van der Waals surface area contributed by atoms with Gasteiger partial charge in [-0.15, -0.1) is 0 Å². The molecule has 1 aromatic rings. The third-order valence-corrected chi connectivity index (χ3v) is 8.30. The molecule has 1 aromatic carbocycles. The van der Waals surface area contributed by atoms with E-state index in [9.17, 15) is 13.2 Å². The van der Waals surface area contributed by atoms with E-state index in [1.54, 1.807) is 24.3 Å². The summed E-state index contributed by atoms with van der Waals surface area (Å²) in [6, 6.07) is 6.72. The van der Waals surface area contributed by atoms with Gasteiger partial charge >= 0.3 is 0 Å². The summed E-state index contributed by atoms with van der Waals surface area (Å²) in [6.07, 6.45) is 3.22. The molecule has 2 heterocycles. The molecule has 28 heavy (non-hydrogen) atoms. The standard InChI is InChI=1S/C21H30N2O4S/c1-20(2)12-17-13-21(3,14-20)15-23(17)19(24)16-4-6-18(7-5-16)28(25,26)22-8-10-27-11-9-22/h4-7,17H,8-15H2,1-3H3. The average molecular weight is 407 g/mol. The third-order valence-electron chi connectivity index (χ3n) is 6.38. The fourth-order valence-electron chi connectivity index (χ4n) is 5.57. The summed E-state index contributed by atoms with van der Waals surface area (Å²) in [6.45, 7) is 9.22. The number of likely N-dealkylation sites (tertiary alicyclic amines) is 1. The van der Waals surface area contributed by atoms with Gasteiger partial charge in [0.1, 0.15) is 0 Å². The molecule has 3 fully saturated rings. The highest BCUT2D eigenvalue weighted by atomic mass is 32.2. The summed E-state index contributed by atoms with van der Waals surface area (Å²) in [4.78, 5) is 15.4. The van der Waals surface area contributed by atoms with Crippen LogP contribution >= 0.6 is 0 Å². The van der Waals surface area contributed by atoms with Crippen molar-refractivity contribution in [1.82, 2.24) is 9.21 Å². The van der Waals surface area contributed by atoms with Crippen molar-refractivity contribution in [2.75, 3.05) is 32.8 Å². The SMILES string of the molecule is CC1(C)CC2CC(C)(CN2C(=O)c2ccc(S(=O)(=O)N3CCOCC3)cc2)C1. The Morgan fingerprint density at radius 2 is 1.71 bits per heavy atom. The molecule has 2 bridgehead atoms. The highest BCUT2D eigenvalue weighted by Crippen LogP contribution is 2.52. The van der Waals surface area contributed by atoms with Gasteiger partial charge in [-0.25, -0.2) is 8.42 Å². The zero-order chi connectivity index (χ0) is 20.2. The van der Waals surface area contributed by atoms with Gasteiger partial charge in [0.2, 0.25) is 10.0 Å². The molecule has 2 saturated heterocycles. The van der Waals surface area contributed by atoms with E-state index in [0.717, 1.165) is 25.8 Å². The van der Waals surface area contributed by atoms with Crippen molar-refractivity contribution in [1.29, 1.82) is 0 Å². The number of nitrogens with zero attached hydrogens (tertiary/aromatic N) is 2. The number of morpholine rings is 1. The Kier molecular flexibility index (Phi) is 4.83. The molecule has 1 amide bonds. The summed E-state index contributed by atoms with van der Waals surface area (Å²) in [5, 5.41) is 0. The predicted octanol–water partition coefficient (Wildman–Crippen LogP) is 2.75. The van der Waals surface area contributed by atoms with E-state index in [1.807, 2.05) is 4.90 Å². The molecule has 0 radical (unpaired) electrons. The van der Waals surface area contributed by atoms with E-state index >= 15 is 0 Å². The summed E-state index contributed by atoms with van der Waals surface area (Å²) in [7, 11) is -3.53. The van der Waals surface area contributed by atoms with Crippen LogP contribution < -0.4 is 0 Å². The first-order valence-electron chi connectivity index (χ1n) is 10.1. The van der Waals surface area contributed by atoms with Crippen molar-refractivity contribution in [3.05, 3.63) is 29.8 Å². The largest absolute Gasteiger partial charge is 0.379 e. The van der Waals surface area contributed by atoms with E-state index in [2.05, 4.69) is 20.8 Å². The number of benzene rings is 1. The molecule has 1 aliphatic carbocycles. The van der Waals surface area contributed by atoms with Crippen LogP contribution in [0, 0.1) is 10.8 Å². The second kappa shape index (κ2) is 6.82. The Morgan fingerprint density at radius 3 is 2.36 bits per heavy atom. The quantitative estimate of drug-likeness (QED) is 0.774. The van der Waals surface area contributed by atoms with Gasteiger partial charge in [0.05, 0.1) is 18.1 Å². The Bertz CT molecular complexity index is 859. The number of sulfonamides is 1. The van der Waals surface area contributed by atoms with Gasteiger partial charge in [0, 0.05) is 31.2 Å². The summed E-state index contributed by atoms with van der Waals surface area (Å²) in [5.74, 6) is 0.0155. The van der Waals surface area contributed by atoms with Gasteiger partial charge in [0.25, 0.3) is 5.91 Å². The molecule has 6 nitrogen and oxygen atoms in total. The number of rotatable bonds is 3. The van der Waals surface area contributed by atoms with E-state index in [-0.39, 0.29) is 27.7 Å². The minimum Gasteiger partial charge on any atom is -0.379 e. The van der Waals surface area contributed by atoms with Gasteiger partial charge in [-0.3, -0.25) is 4.79 Å². The first kappa shape index (κ1) is 19.9. The highest BCUT2D eigenvalue weighted by molar-refractivity contribution is 7.89. The van der Waals surface area contributed by atoms with Crippen molar-refractivity contribution in [2.24, 2.45) is 10.8 Å². The maximum atomic E-state index is 13.2. The molecule has 0 aromatic heterocycles. The van der Waals surface area contributed by atoms with E-state index in [1.165, 1.54) is 4.31 Å². The lowest BCUT2D eigenvalue weighted by molar-refractivity contribution is 0.0708. The van der Waals surface area contributed by atoms with Gasteiger partial charge < -0.3 is 9.64 Å². The minimum absolute atomic E-state index is 0.0155. The molecular weight excluding hydrogens is 376 g/mol. The van der Waals surface area contributed by atoms with Crippen LogP contribution in [-0.4, -0.2) is 62.4 Å². The number of carbonyl (C=O) groups is 1. The van der Waals surface area contributed by atoms with E-state index in [4.69, 9.17) is 4.74 Å². The van der Waals surface area contributed by atoms with Crippen LogP contribution in [0.15, 0.2) is 29.2 Å². The Labute approximate surface area is 167 Å². The lowest BCUT2D eigenvalue weighted by Gasteiger charge is -2.39. The van der Waals surface area contributed by atoms with Crippen LogP contribution in [0.25, 0.3) is 0 Å². The third kappa shape index (κ3) is 3.60. The van der Waals surface area contributed by atoms with Crippen LogP contribution in [0.3, 0.4) is 0 Å². The smallest absolute Gasteiger partial charge is 0.254 e. The van der Waals surface area contributed by atoms with Gasteiger partial charge in [-0.05, 0) is 54.4 Å². The number of ether oxygens (including phenoxy) is 1. The van der Waals surface area contributed by atoms with Crippen molar-refractivity contribution in [2.45, 2.75) is 51.0 Å². The highest BCUT2D eigenvalue weighted by Gasteiger charge is 2.51. The fraction of sp³-hybridized carbons (Fsp3) is 0.667. The molecule has 2 atom stereocenters. The van der Waals surface area contributed by atoms with Crippen LogP contribution in [0.4, 0.5) is 0 Å². The Balaban J connectivity index is 1.52. The zero-order valence-corrected chi connectivity index (χ0v) is 17.8. The molecule has 0 N–H and O–H groups in total. The summed E-state index contributed by atoms with van der Waals surface area (Å²) >= 11 is 0. The lowest BCUT2D eigenvalue weighted by Crippen LogP contribution is -2.40. The molecule has 4 rings (SSSR count). The number of hydrogen-bond acceptors (Lipinski definition) is 4. The summed E-state index contributed by atoms with van der Waals surface area (Å²) < 4.78 is 32.2. The molecular formula is C21H30N2O4S.